The first-order valence-corrected chi connectivity index (χ1v) is 9.56. The smallest absolute Gasteiger partial charge is 0.257 e. The lowest BCUT2D eigenvalue weighted by atomic mass is 10.1. The van der Waals surface area contributed by atoms with Gasteiger partial charge in [0.15, 0.2) is 11.6 Å². The Labute approximate surface area is 154 Å². The van der Waals surface area contributed by atoms with E-state index in [0.29, 0.717) is 32.0 Å². The van der Waals surface area contributed by atoms with Gasteiger partial charge in [0.05, 0.1) is 23.7 Å². The second-order valence-corrected chi connectivity index (χ2v) is 7.47. The molecule has 10 heteroatoms. The largest absolute Gasteiger partial charge is 0.378 e. The van der Waals surface area contributed by atoms with Crippen LogP contribution in [0, 0.1) is 11.6 Å². The minimum atomic E-state index is -4.02. The van der Waals surface area contributed by atoms with E-state index in [1.807, 2.05) is 4.90 Å². The molecule has 0 aliphatic carbocycles. The fraction of sp³-hybridized carbons (Fsp3) is 0.235. The third-order valence-electron chi connectivity index (χ3n) is 4.07. The summed E-state index contributed by atoms with van der Waals surface area (Å²) in [5, 5.41) is 7.60. The van der Waals surface area contributed by atoms with Gasteiger partial charge in [-0.1, -0.05) is 0 Å². The van der Waals surface area contributed by atoms with Crippen LogP contribution in [-0.2, 0) is 14.8 Å². The van der Waals surface area contributed by atoms with Crippen LogP contribution in [0.2, 0.25) is 0 Å². The van der Waals surface area contributed by atoms with E-state index in [9.17, 15) is 22.0 Å². The number of amides is 1. The van der Waals surface area contributed by atoms with E-state index in [-0.39, 0.29) is 16.1 Å². The molecule has 0 spiro atoms. The highest BCUT2D eigenvalue weighted by molar-refractivity contribution is 7.89. The SMILES string of the molecule is NS(=O)(=O)c1ccc(N2CCOCC2)c(C(=O)Nc2ccc(F)c(F)c2)c1. The molecule has 3 rings (SSSR count). The third kappa shape index (κ3) is 4.41. The number of nitrogens with zero attached hydrogens (tertiary/aromatic N) is 1. The summed E-state index contributed by atoms with van der Waals surface area (Å²) in [5.74, 6) is -2.83. The highest BCUT2D eigenvalue weighted by atomic mass is 32.2. The highest BCUT2D eigenvalue weighted by Gasteiger charge is 2.22. The number of anilines is 2. The number of carbonyl (C=O) groups excluding carboxylic acids is 1. The normalized spacial score (nSPS) is 14.9. The average Bonchev–Trinajstić information content (AvgIpc) is 2.64. The van der Waals surface area contributed by atoms with Crippen LogP contribution in [0.4, 0.5) is 20.2 Å². The number of nitrogens with one attached hydrogen (secondary N) is 1. The van der Waals surface area contributed by atoms with E-state index in [1.54, 1.807) is 0 Å². The van der Waals surface area contributed by atoms with Crippen molar-refractivity contribution in [3.63, 3.8) is 0 Å². The molecule has 0 aromatic heterocycles. The van der Waals surface area contributed by atoms with Crippen LogP contribution in [0.3, 0.4) is 0 Å². The van der Waals surface area contributed by atoms with Crippen molar-refractivity contribution in [2.24, 2.45) is 5.14 Å². The fourth-order valence-electron chi connectivity index (χ4n) is 2.73. The summed E-state index contributed by atoms with van der Waals surface area (Å²) in [4.78, 5) is 14.4. The number of primary sulfonamides is 1. The number of rotatable bonds is 4. The molecule has 0 bridgehead atoms. The van der Waals surface area contributed by atoms with Crippen molar-refractivity contribution in [3.8, 4) is 0 Å². The monoisotopic (exact) mass is 397 g/mol. The molecule has 2 aromatic carbocycles. The molecule has 1 fully saturated rings. The van der Waals surface area contributed by atoms with Crippen LogP contribution in [0.15, 0.2) is 41.3 Å². The molecule has 27 heavy (non-hydrogen) atoms. The maximum atomic E-state index is 13.4. The molecule has 144 valence electrons. The Morgan fingerprint density at radius 1 is 1.07 bits per heavy atom. The number of morpholine rings is 1. The molecule has 7 nitrogen and oxygen atoms in total. The molecule has 0 radical (unpaired) electrons. The van der Waals surface area contributed by atoms with Crippen LogP contribution in [0.1, 0.15) is 10.4 Å². The molecule has 0 saturated carbocycles. The summed E-state index contributed by atoms with van der Waals surface area (Å²) in [6.45, 7) is 1.95. The summed E-state index contributed by atoms with van der Waals surface area (Å²) in [6, 6.07) is 6.89. The molecule has 3 N–H and O–H groups in total. The van der Waals surface area contributed by atoms with E-state index >= 15 is 0 Å². The van der Waals surface area contributed by atoms with Crippen LogP contribution < -0.4 is 15.4 Å². The van der Waals surface area contributed by atoms with Crippen LogP contribution in [0.25, 0.3) is 0 Å². The number of hydrogen-bond donors (Lipinski definition) is 2. The van der Waals surface area contributed by atoms with E-state index in [4.69, 9.17) is 9.88 Å². The number of ether oxygens (including phenoxy) is 1. The van der Waals surface area contributed by atoms with Gasteiger partial charge in [-0.25, -0.2) is 22.3 Å². The molecule has 0 unspecified atom stereocenters. The highest BCUT2D eigenvalue weighted by Crippen LogP contribution is 2.26. The zero-order valence-corrected chi connectivity index (χ0v) is 14.9. The van der Waals surface area contributed by atoms with Gasteiger partial charge in [0.1, 0.15) is 0 Å². The molecule has 0 atom stereocenters. The first-order chi connectivity index (χ1) is 12.8. The Balaban J connectivity index is 1.98. The lowest BCUT2D eigenvalue weighted by Crippen LogP contribution is -2.37. The van der Waals surface area contributed by atoms with Crippen molar-refractivity contribution in [2.75, 3.05) is 36.5 Å². The van der Waals surface area contributed by atoms with Crippen LogP contribution in [0.5, 0.6) is 0 Å². The Bertz CT molecular complexity index is 976. The summed E-state index contributed by atoms with van der Waals surface area (Å²) >= 11 is 0. The van der Waals surface area contributed by atoms with Crippen molar-refractivity contribution in [1.82, 2.24) is 0 Å². The summed E-state index contributed by atoms with van der Waals surface area (Å²) in [7, 11) is -4.02. The summed E-state index contributed by atoms with van der Waals surface area (Å²) < 4.78 is 55.0. The minimum Gasteiger partial charge on any atom is -0.378 e. The van der Waals surface area contributed by atoms with Gasteiger partial charge in [-0.2, -0.15) is 0 Å². The molecule has 1 aliphatic rings. The van der Waals surface area contributed by atoms with Gasteiger partial charge < -0.3 is 15.0 Å². The molecule has 2 aromatic rings. The second-order valence-electron chi connectivity index (χ2n) is 5.91. The molecule has 1 saturated heterocycles. The summed E-state index contributed by atoms with van der Waals surface area (Å²) in [6.07, 6.45) is 0. The lowest BCUT2D eigenvalue weighted by Gasteiger charge is -2.30. The molecule has 1 amide bonds. The molecule has 1 heterocycles. The number of sulfonamides is 1. The number of carbonyl (C=O) groups is 1. The van der Waals surface area contributed by atoms with Crippen LogP contribution >= 0.6 is 0 Å². The zero-order valence-electron chi connectivity index (χ0n) is 14.1. The van der Waals surface area contributed by atoms with Gasteiger partial charge in [-0.15, -0.1) is 0 Å². The van der Waals surface area contributed by atoms with Crippen molar-refractivity contribution in [2.45, 2.75) is 4.90 Å². The summed E-state index contributed by atoms with van der Waals surface area (Å²) in [5.41, 5.74) is 0.576. The number of nitrogens with two attached hydrogens (primary N) is 1. The van der Waals surface area contributed by atoms with Crippen LogP contribution in [-0.4, -0.2) is 40.6 Å². The van der Waals surface area contributed by atoms with Crippen molar-refractivity contribution >= 4 is 27.3 Å². The predicted octanol–water partition coefficient (Wildman–Crippen LogP) is 1.70. The average molecular weight is 397 g/mol. The first kappa shape index (κ1) is 19.2. The Hall–Kier alpha value is -2.56. The second kappa shape index (κ2) is 7.59. The van der Waals surface area contributed by atoms with Gasteiger partial charge in [0.25, 0.3) is 5.91 Å². The predicted molar refractivity (Wildman–Crippen MR) is 95.2 cm³/mol. The topological polar surface area (TPSA) is 102 Å². The Morgan fingerprint density at radius 3 is 2.41 bits per heavy atom. The van der Waals surface area contributed by atoms with Gasteiger partial charge in [0, 0.05) is 30.5 Å². The fourth-order valence-corrected chi connectivity index (χ4v) is 3.27. The van der Waals surface area contributed by atoms with Gasteiger partial charge in [-0.05, 0) is 30.3 Å². The molecule has 1 aliphatic heterocycles. The van der Waals surface area contributed by atoms with Gasteiger partial charge in [-0.3, -0.25) is 4.79 Å². The molecular weight excluding hydrogens is 380 g/mol. The van der Waals surface area contributed by atoms with E-state index < -0.39 is 27.6 Å². The zero-order chi connectivity index (χ0) is 19.6. The Morgan fingerprint density at radius 2 is 1.78 bits per heavy atom. The third-order valence-corrected chi connectivity index (χ3v) is 4.98. The van der Waals surface area contributed by atoms with Crippen molar-refractivity contribution in [3.05, 3.63) is 53.6 Å². The Kier molecular flexibility index (Phi) is 5.40. The van der Waals surface area contributed by atoms with Crippen molar-refractivity contribution in [1.29, 1.82) is 0 Å². The quantitative estimate of drug-likeness (QED) is 0.818. The standard InChI is InChI=1S/C17H17F2N3O4S/c18-14-3-1-11(9-15(14)19)21-17(23)13-10-12(27(20,24)25)2-4-16(13)22-5-7-26-8-6-22/h1-4,9-10H,5-8H2,(H,21,23)(H2,20,24,25). The van der Waals surface area contributed by atoms with E-state index in [0.717, 1.165) is 18.2 Å². The van der Waals surface area contributed by atoms with E-state index in [1.165, 1.54) is 18.2 Å². The number of hydrogen-bond acceptors (Lipinski definition) is 5. The first-order valence-electron chi connectivity index (χ1n) is 8.01. The maximum absolute atomic E-state index is 13.4. The lowest BCUT2D eigenvalue weighted by molar-refractivity contribution is 0.102. The van der Waals surface area contributed by atoms with Gasteiger partial charge >= 0.3 is 0 Å². The number of halogens is 2. The minimum absolute atomic E-state index is 0.0350. The van der Waals surface area contributed by atoms with Gasteiger partial charge in [0.2, 0.25) is 10.0 Å². The number of benzene rings is 2. The molecular formula is C17H17F2N3O4S. The maximum Gasteiger partial charge on any atom is 0.257 e. The van der Waals surface area contributed by atoms with E-state index in [2.05, 4.69) is 5.32 Å². The van der Waals surface area contributed by atoms with Crippen molar-refractivity contribution < 1.29 is 26.7 Å².